The second kappa shape index (κ2) is 12.6. The number of carbonyl (C=O) groups excluding carboxylic acids is 2. The number of hydrogen-bond donors (Lipinski definition) is 0. The summed E-state index contributed by atoms with van der Waals surface area (Å²) in [4.78, 5) is 22.3. The summed E-state index contributed by atoms with van der Waals surface area (Å²) in [7, 11) is 0. The van der Waals surface area contributed by atoms with E-state index in [0.717, 1.165) is 31.1 Å². The van der Waals surface area contributed by atoms with Gasteiger partial charge in [-0.25, -0.2) is 18.4 Å². The van der Waals surface area contributed by atoms with E-state index in [2.05, 4.69) is 17.9 Å². The van der Waals surface area contributed by atoms with E-state index in [1.54, 1.807) is 42.5 Å². The highest BCUT2D eigenvalue weighted by Crippen LogP contribution is 2.30. The van der Waals surface area contributed by atoms with Crippen LogP contribution in [0.5, 0.6) is 11.5 Å². The number of esters is 2. The molecule has 0 atom stereocenters. The lowest BCUT2D eigenvalue weighted by Crippen LogP contribution is -1.99. The molecule has 0 aliphatic carbocycles. The molecular weight excluding hydrogens is 482 g/mol. The first-order valence-electron chi connectivity index (χ1n) is 10.8. The van der Waals surface area contributed by atoms with Crippen molar-refractivity contribution >= 4 is 11.9 Å². The molecule has 0 bridgehead atoms. The van der Waals surface area contributed by atoms with Crippen LogP contribution in [0.2, 0.25) is 0 Å². The van der Waals surface area contributed by atoms with Crippen LogP contribution >= 0.6 is 0 Å². The Labute approximate surface area is 212 Å². The number of rotatable bonds is 10. The van der Waals surface area contributed by atoms with Crippen molar-refractivity contribution in [1.82, 2.24) is 0 Å². The molecule has 0 aliphatic rings. The molecule has 0 fully saturated rings. The first kappa shape index (κ1) is 26.6. The molecule has 188 valence electrons. The minimum atomic E-state index is -0.646. The van der Waals surface area contributed by atoms with Crippen LogP contribution in [0, 0.1) is 11.6 Å². The lowest BCUT2D eigenvalue weighted by atomic mass is 10.00. The fraction of sp³-hybridized carbons (Fsp3) is 0.0345. The number of carbonyl (C=O) groups is 2. The zero-order valence-electron chi connectivity index (χ0n) is 19.8. The topological polar surface area (TPSA) is 71.1 Å². The number of ether oxygens (including phenoxy) is 4. The normalized spacial score (nSPS) is 10.8. The van der Waals surface area contributed by atoms with Crippen LogP contribution in [0.25, 0.3) is 22.3 Å². The average molecular weight is 504 g/mol. The molecule has 0 heterocycles. The van der Waals surface area contributed by atoms with Crippen molar-refractivity contribution in [3.05, 3.63) is 122 Å². The quantitative estimate of drug-likeness (QED) is 0.171. The molecule has 0 N–H and O–H groups in total. The molecule has 0 amide bonds. The molecule has 0 saturated heterocycles. The lowest BCUT2D eigenvalue weighted by molar-refractivity contribution is -0.134. The zero-order valence-corrected chi connectivity index (χ0v) is 19.8. The van der Waals surface area contributed by atoms with Crippen molar-refractivity contribution in [2.24, 2.45) is 0 Å². The fourth-order valence-corrected chi connectivity index (χ4v) is 2.96. The molecule has 6 nitrogen and oxygen atoms in total. The maximum atomic E-state index is 14.7. The third kappa shape index (κ3) is 7.50. The molecule has 3 rings (SSSR count). The van der Waals surface area contributed by atoms with Crippen LogP contribution in [0.15, 0.2) is 111 Å². The molecule has 3 aromatic rings. The molecular formula is C29H22F2O6. The molecule has 0 aliphatic heterocycles. The van der Waals surface area contributed by atoms with Gasteiger partial charge in [0.1, 0.15) is 36.6 Å². The standard InChI is InChI=1S/C29H22F2O6/c1-4-28(32)36-15-13-34-23-10-11-24(25(30)18-23)21-7-5-20(6-8-21)22-9-12-27(26(31)17-22)35-14-16-37-29(33)19(2)3/h4-18H,1-2H2,3H3/b15-13-,16-14-. The Morgan fingerprint density at radius 1 is 0.757 bits per heavy atom. The number of hydrogen-bond acceptors (Lipinski definition) is 6. The van der Waals surface area contributed by atoms with E-state index in [4.69, 9.17) is 14.2 Å². The maximum Gasteiger partial charge on any atom is 0.338 e. The summed E-state index contributed by atoms with van der Waals surface area (Å²) in [6, 6.07) is 15.6. The molecule has 0 saturated carbocycles. The third-order valence-corrected chi connectivity index (χ3v) is 4.79. The molecule has 3 aromatic carbocycles. The van der Waals surface area contributed by atoms with E-state index in [0.29, 0.717) is 22.3 Å². The van der Waals surface area contributed by atoms with Gasteiger partial charge in [-0.05, 0) is 47.9 Å². The van der Waals surface area contributed by atoms with Gasteiger partial charge in [0.2, 0.25) is 0 Å². The van der Waals surface area contributed by atoms with Crippen LogP contribution in [0.4, 0.5) is 8.78 Å². The van der Waals surface area contributed by atoms with Gasteiger partial charge in [0.25, 0.3) is 0 Å². The Bertz CT molecular complexity index is 1370. The van der Waals surface area contributed by atoms with Crippen molar-refractivity contribution in [3.63, 3.8) is 0 Å². The first-order valence-corrected chi connectivity index (χ1v) is 10.8. The molecule has 0 spiro atoms. The monoisotopic (exact) mass is 504 g/mol. The zero-order chi connectivity index (χ0) is 26.8. The summed E-state index contributed by atoms with van der Waals surface area (Å²) >= 11 is 0. The van der Waals surface area contributed by atoms with E-state index in [9.17, 15) is 18.4 Å². The summed E-state index contributed by atoms with van der Waals surface area (Å²) in [5.74, 6) is -2.24. The van der Waals surface area contributed by atoms with Crippen LogP contribution in [-0.2, 0) is 19.1 Å². The van der Waals surface area contributed by atoms with Gasteiger partial charge in [-0.2, -0.15) is 0 Å². The van der Waals surface area contributed by atoms with Gasteiger partial charge in [-0.15, -0.1) is 0 Å². The first-order chi connectivity index (χ1) is 17.8. The highest BCUT2D eigenvalue weighted by Gasteiger charge is 2.09. The molecule has 37 heavy (non-hydrogen) atoms. The van der Waals surface area contributed by atoms with Crippen LogP contribution in [-0.4, -0.2) is 11.9 Å². The van der Waals surface area contributed by atoms with E-state index in [-0.39, 0.29) is 17.1 Å². The van der Waals surface area contributed by atoms with Crippen LogP contribution in [0.3, 0.4) is 0 Å². The van der Waals surface area contributed by atoms with Crippen molar-refractivity contribution in [2.75, 3.05) is 0 Å². The van der Waals surface area contributed by atoms with Gasteiger partial charge >= 0.3 is 11.9 Å². The van der Waals surface area contributed by atoms with Crippen molar-refractivity contribution in [3.8, 4) is 33.8 Å². The Morgan fingerprint density at radius 2 is 1.41 bits per heavy atom. The smallest absolute Gasteiger partial charge is 0.338 e. The van der Waals surface area contributed by atoms with E-state index >= 15 is 0 Å². The van der Waals surface area contributed by atoms with E-state index in [1.165, 1.54) is 25.1 Å². The summed E-state index contributed by atoms with van der Waals surface area (Å²) in [5, 5.41) is 0. The predicted octanol–water partition coefficient (Wildman–Crippen LogP) is 6.85. The van der Waals surface area contributed by atoms with Crippen LogP contribution < -0.4 is 9.47 Å². The Balaban J connectivity index is 1.65. The third-order valence-electron chi connectivity index (χ3n) is 4.79. The van der Waals surface area contributed by atoms with Crippen molar-refractivity contribution in [2.45, 2.75) is 6.92 Å². The molecule has 8 heteroatoms. The highest BCUT2D eigenvalue weighted by molar-refractivity contribution is 5.87. The Morgan fingerprint density at radius 3 is 2.05 bits per heavy atom. The Hall–Kier alpha value is -4.98. The van der Waals surface area contributed by atoms with E-state index in [1.807, 2.05) is 0 Å². The maximum absolute atomic E-state index is 14.7. The predicted molar refractivity (Wildman–Crippen MR) is 134 cm³/mol. The second-order valence-electron chi connectivity index (χ2n) is 7.47. The van der Waals surface area contributed by atoms with Crippen LogP contribution in [0.1, 0.15) is 6.92 Å². The summed E-state index contributed by atoms with van der Waals surface area (Å²) in [6.45, 7) is 8.20. The van der Waals surface area contributed by atoms with Crippen molar-refractivity contribution in [1.29, 1.82) is 0 Å². The highest BCUT2D eigenvalue weighted by atomic mass is 19.1. The minimum absolute atomic E-state index is 0.0546. The molecule has 0 radical (unpaired) electrons. The summed E-state index contributed by atoms with van der Waals surface area (Å²) in [6.07, 6.45) is 5.17. The number of halogens is 2. The van der Waals surface area contributed by atoms with Gasteiger partial charge < -0.3 is 18.9 Å². The lowest BCUT2D eigenvalue weighted by Gasteiger charge is -2.09. The average Bonchev–Trinajstić information content (AvgIpc) is 2.89. The SMILES string of the molecule is C=CC(=O)O/C=C\Oc1ccc(-c2ccc(-c3ccc(O/C=C\OC(=O)C(=C)C)c(F)c3)cc2)c(F)c1. The molecule has 0 unspecified atom stereocenters. The summed E-state index contributed by atoms with van der Waals surface area (Å²) < 4.78 is 48.9. The summed E-state index contributed by atoms with van der Waals surface area (Å²) in [5.41, 5.74) is 2.47. The number of benzene rings is 3. The minimum Gasteiger partial charge on any atom is -0.462 e. The van der Waals surface area contributed by atoms with Crippen molar-refractivity contribution < 1.29 is 37.3 Å². The largest absolute Gasteiger partial charge is 0.462 e. The van der Waals surface area contributed by atoms with E-state index < -0.39 is 23.6 Å². The fourth-order valence-electron chi connectivity index (χ4n) is 2.96. The van der Waals surface area contributed by atoms with Gasteiger partial charge in [0.15, 0.2) is 11.6 Å². The van der Waals surface area contributed by atoms with Gasteiger partial charge in [0.05, 0.1) is 0 Å². The van der Waals surface area contributed by atoms with Gasteiger partial charge in [0, 0.05) is 23.3 Å². The van der Waals surface area contributed by atoms with Gasteiger partial charge in [-0.3, -0.25) is 0 Å². The Kier molecular flexibility index (Phi) is 9.10. The van der Waals surface area contributed by atoms with Gasteiger partial charge in [-0.1, -0.05) is 43.5 Å². The molecule has 0 aromatic heterocycles. The second-order valence-corrected chi connectivity index (χ2v) is 7.47.